The average molecular weight is 575 g/mol. The van der Waals surface area contributed by atoms with Crippen molar-refractivity contribution < 1.29 is 13.2 Å². The molecule has 0 spiro atoms. The van der Waals surface area contributed by atoms with Crippen LogP contribution in [0, 0.1) is 29.1 Å². The topological polar surface area (TPSA) is 93.5 Å². The third kappa shape index (κ3) is 5.51. The van der Waals surface area contributed by atoms with Crippen LogP contribution in [-0.2, 0) is 20.0 Å². The minimum absolute atomic E-state index is 0.00889. The molecule has 2 aromatic carbocycles. The molecular weight excluding hydrogens is 532 g/mol. The Kier molecular flexibility index (Phi) is 7.86. The van der Waals surface area contributed by atoms with Gasteiger partial charge in [-0.05, 0) is 87.4 Å². The number of nitrogens with zero attached hydrogens (tertiary/aromatic N) is 3. The number of sulfone groups is 1. The number of hydrogen-bond acceptors (Lipinski definition) is 6. The first-order valence-electron chi connectivity index (χ1n) is 15.4. The fourth-order valence-corrected chi connectivity index (χ4v) is 9.55. The summed E-state index contributed by atoms with van der Waals surface area (Å²) in [7, 11) is -3.14. The quantitative estimate of drug-likeness (QED) is 0.473. The summed E-state index contributed by atoms with van der Waals surface area (Å²) < 4.78 is 25.0. The summed E-state index contributed by atoms with van der Waals surface area (Å²) >= 11 is 0. The Morgan fingerprint density at radius 1 is 0.976 bits per heavy atom. The fourth-order valence-electron chi connectivity index (χ4n) is 7.89. The van der Waals surface area contributed by atoms with Crippen molar-refractivity contribution >= 4 is 21.4 Å². The molecule has 0 radical (unpaired) electrons. The highest BCUT2D eigenvalue weighted by Crippen LogP contribution is 2.50. The van der Waals surface area contributed by atoms with Crippen molar-refractivity contribution in [3.63, 3.8) is 0 Å². The molecule has 2 aliphatic heterocycles. The van der Waals surface area contributed by atoms with E-state index in [1.165, 1.54) is 0 Å². The summed E-state index contributed by atoms with van der Waals surface area (Å²) in [6.45, 7) is 6.59. The number of likely N-dealkylation sites (tertiary alicyclic amines) is 1. The zero-order chi connectivity index (χ0) is 28.6. The standard InChI is InChI=1S/C33H42N4O3S/c1-24(38)35-32-9-5-8-31(32)33(23-34,26-6-3-2-4-7-26)27-16-18-36(19-17-27)20-25-21-37(22-25)28-10-12-29(13-11-28)41(39,40)30-14-15-30/h2-4,6-7,10-13,25,27,30-32H,5,8-9,14-22H2,1H3,(H,35,38)/t31?,32-,33?/m0/s1. The van der Waals surface area contributed by atoms with Crippen LogP contribution in [0.4, 0.5) is 5.69 Å². The van der Waals surface area contributed by atoms with Crippen LogP contribution >= 0.6 is 0 Å². The van der Waals surface area contributed by atoms with Gasteiger partial charge in [0.2, 0.25) is 5.91 Å². The van der Waals surface area contributed by atoms with Gasteiger partial charge in [0.05, 0.1) is 21.6 Å². The summed E-state index contributed by atoms with van der Waals surface area (Å²) in [4.78, 5) is 17.4. The van der Waals surface area contributed by atoms with Crippen molar-refractivity contribution in [2.45, 2.75) is 73.5 Å². The molecule has 1 N–H and O–H groups in total. The fraction of sp³-hybridized carbons (Fsp3) is 0.576. The number of anilines is 1. The van der Waals surface area contributed by atoms with Crippen molar-refractivity contribution in [2.24, 2.45) is 17.8 Å². The molecule has 2 heterocycles. The molecule has 1 amide bonds. The van der Waals surface area contributed by atoms with Gasteiger partial charge in [-0.3, -0.25) is 4.79 Å². The lowest BCUT2D eigenvalue weighted by Gasteiger charge is -2.48. The monoisotopic (exact) mass is 574 g/mol. The van der Waals surface area contributed by atoms with Gasteiger partial charge in [0.15, 0.2) is 9.84 Å². The Labute approximate surface area is 244 Å². The van der Waals surface area contributed by atoms with E-state index in [-0.39, 0.29) is 29.0 Å². The third-order valence-corrected chi connectivity index (χ3v) is 12.4. The molecule has 2 aromatic rings. The smallest absolute Gasteiger partial charge is 0.217 e. The maximum atomic E-state index is 12.5. The van der Waals surface area contributed by atoms with E-state index in [0.29, 0.717) is 10.8 Å². The molecule has 7 nitrogen and oxygen atoms in total. The summed E-state index contributed by atoms with van der Waals surface area (Å²) in [5, 5.41) is 13.9. The Hall–Kier alpha value is -2.89. The zero-order valence-electron chi connectivity index (χ0n) is 24.0. The van der Waals surface area contributed by atoms with Crippen LogP contribution in [0.2, 0.25) is 0 Å². The number of amides is 1. The molecule has 4 fully saturated rings. The molecule has 41 heavy (non-hydrogen) atoms. The van der Waals surface area contributed by atoms with E-state index in [4.69, 9.17) is 0 Å². The number of carbonyl (C=O) groups is 1. The number of carbonyl (C=O) groups excluding carboxylic acids is 1. The number of rotatable bonds is 9. The van der Waals surface area contributed by atoms with Gasteiger partial charge in [0.1, 0.15) is 0 Å². The van der Waals surface area contributed by atoms with E-state index in [9.17, 15) is 18.5 Å². The zero-order valence-corrected chi connectivity index (χ0v) is 24.9. The van der Waals surface area contributed by atoms with Gasteiger partial charge in [0.25, 0.3) is 0 Å². The van der Waals surface area contributed by atoms with Gasteiger partial charge in [-0.25, -0.2) is 8.42 Å². The molecular formula is C33H42N4O3S. The normalized spacial score (nSPS) is 25.7. The van der Waals surface area contributed by atoms with E-state index in [0.717, 1.165) is 88.9 Å². The predicted octanol–water partition coefficient (Wildman–Crippen LogP) is 4.54. The maximum Gasteiger partial charge on any atom is 0.217 e. The van der Waals surface area contributed by atoms with Crippen LogP contribution in [-0.4, -0.2) is 63.2 Å². The molecule has 0 bridgehead atoms. The van der Waals surface area contributed by atoms with Crippen LogP contribution < -0.4 is 10.2 Å². The minimum atomic E-state index is -3.14. The van der Waals surface area contributed by atoms with Gasteiger partial charge in [-0.2, -0.15) is 5.26 Å². The summed E-state index contributed by atoms with van der Waals surface area (Å²) in [5.41, 5.74) is 1.61. The molecule has 3 atom stereocenters. The first kappa shape index (κ1) is 28.2. The van der Waals surface area contributed by atoms with Gasteiger partial charge in [0, 0.05) is 50.1 Å². The van der Waals surface area contributed by atoms with Gasteiger partial charge in [-0.1, -0.05) is 36.8 Å². The van der Waals surface area contributed by atoms with Crippen molar-refractivity contribution in [2.75, 3.05) is 37.6 Å². The van der Waals surface area contributed by atoms with E-state index >= 15 is 0 Å². The van der Waals surface area contributed by atoms with Gasteiger partial charge >= 0.3 is 0 Å². The largest absolute Gasteiger partial charge is 0.371 e. The lowest BCUT2D eigenvalue weighted by Crippen LogP contribution is -2.55. The highest BCUT2D eigenvalue weighted by Gasteiger charge is 2.52. The van der Waals surface area contributed by atoms with Crippen molar-refractivity contribution in [3.8, 4) is 6.07 Å². The Morgan fingerprint density at radius 3 is 2.27 bits per heavy atom. The number of benzene rings is 2. The van der Waals surface area contributed by atoms with Crippen LogP contribution in [0.1, 0.15) is 57.4 Å². The lowest BCUT2D eigenvalue weighted by atomic mass is 9.59. The molecule has 8 heteroatoms. The van der Waals surface area contributed by atoms with E-state index in [2.05, 4.69) is 33.3 Å². The molecule has 6 rings (SSSR count). The molecule has 2 aliphatic carbocycles. The van der Waals surface area contributed by atoms with E-state index < -0.39 is 15.3 Å². The highest BCUT2D eigenvalue weighted by atomic mass is 32.2. The van der Waals surface area contributed by atoms with Crippen LogP contribution in [0.15, 0.2) is 59.5 Å². The van der Waals surface area contributed by atoms with Crippen LogP contribution in [0.25, 0.3) is 0 Å². The first-order valence-corrected chi connectivity index (χ1v) is 16.9. The Balaban J connectivity index is 1.07. The SMILES string of the molecule is CC(=O)N[C@H]1CCCC1C(C#N)(c1ccccc1)C1CCN(CC2CN(c3ccc(S(=O)(=O)C4CC4)cc3)C2)CC1. The van der Waals surface area contributed by atoms with E-state index in [1.54, 1.807) is 19.1 Å². The number of hydrogen-bond donors (Lipinski definition) is 1. The average Bonchev–Trinajstić information content (AvgIpc) is 3.74. The van der Waals surface area contributed by atoms with Gasteiger partial charge < -0.3 is 15.1 Å². The van der Waals surface area contributed by atoms with Crippen LogP contribution in [0.5, 0.6) is 0 Å². The second-order valence-corrected chi connectivity index (χ2v) is 15.0. The van der Waals surface area contributed by atoms with Crippen molar-refractivity contribution in [1.29, 1.82) is 5.26 Å². The number of nitriles is 1. The van der Waals surface area contributed by atoms with Crippen molar-refractivity contribution in [3.05, 3.63) is 60.2 Å². The minimum Gasteiger partial charge on any atom is -0.371 e. The molecule has 2 saturated heterocycles. The number of nitrogens with one attached hydrogen (secondary N) is 1. The first-order chi connectivity index (χ1) is 19.8. The Morgan fingerprint density at radius 2 is 1.66 bits per heavy atom. The molecule has 4 aliphatic rings. The van der Waals surface area contributed by atoms with Gasteiger partial charge in [-0.15, -0.1) is 0 Å². The van der Waals surface area contributed by atoms with E-state index in [1.807, 2.05) is 30.3 Å². The summed E-state index contributed by atoms with van der Waals surface area (Å²) in [6, 6.07) is 20.7. The third-order valence-electron chi connectivity index (χ3n) is 10.1. The van der Waals surface area contributed by atoms with Crippen molar-refractivity contribution in [1.82, 2.24) is 10.2 Å². The number of piperidine rings is 1. The summed E-state index contributed by atoms with van der Waals surface area (Å²) in [5.74, 6) is 0.968. The highest BCUT2D eigenvalue weighted by molar-refractivity contribution is 7.92. The second kappa shape index (κ2) is 11.4. The molecule has 2 unspecified atom stereocenters. The second-order valence-electron chi connectivity index (χ2n) is 12.8. The molecule has 0 aromatic heterocycles. The predicted molar refractivity (Wildman–Crippen MR) is 160 cm³/mol. The Bertz CT molecular complexity index is 1370. The summed E-state index contributed by atoms with van der Waals surface area (Å²) in [6.07, 6.45) is 6.50. The molecule has 218 valence electrons. The molecule has 2 saturated carbocycles. The van der Waals surface area contributed by atoms with Crippen LogP contribution in [0.3, 0.4) is 0 Å². The maximum absolute atomic E-state index is 12.5. The lowest BCUT2D eigenvalue weighted by molar-refractivity contribution is -0.120.